The Hall–Kier alpha value is -0.340. The molecular formula is C10H12ClNS. The van der Waals surface area contributed by atoms with E-state index in [1.807, 2.05) is 12.1 Å². The number of nitrogens with zero attached hydrogens (tertiary/aromatic N) is 1. The third-order valence-electron chi connectivity index (χ3n) is 2.40. The predicted molar refractivity (Wildman–Crippen MR) is 60.2 cm³/mol. The van der Waals surface area contributed by atoms with Crippen LogP contribution in [-0.2, 0) is 0 Å². The van der Waals surface area contributed by atoms with E-state index >= 15 is 0 Å². The van der Waals surface area contributed by atoms with Gasteiger partial charge in [0.2, 0.25) is 0 Å². The SMILES string of the molecule is Sc1cccc(N2CCCC2)c1Cl. The maximum atomic E-state index is 6.16. The van der Waals surface area contributed by atoms with Crippen LogP contribution in [-0.4, -0.2) is 13.1 Å². The standard InChI is InChI=1S/C10H12ClNS/c11-10-8(4-3-5-9(10)13)12-6-1-2-7-12/h3-5,13H,1-2,6-7H2. The summed E-state index contributed by atoms with van der Waals surface area (Å²) in [6.45, 7) is 2.24. The van der Waals surface area contributed by atoms with Crippen LogP contribution in [0.1, 0.15) is 12.8 Å². The third-order valence-corrected chi connectivity index (χ3v) is 3.31. The topological polar surface area (TPSA) is 3.24 Å². The Labute approximate surface area is 89.1 Å². The lowest BCUT2D eigenvalue weighted by atomic mass is 10.3. The number of hydrogen-bond donors (Lipinski definition) is 1. The molecule has 0 atom stereocenters. The summed E-state index contributed by atoms with van der Waals surface area (Å²) in [5.41, 5.74) is 1.13. The molecule has 0 unspecified atom stereocenters. The fraction of sp³-hybridized carbons (Fsp3) is 0.400. The Balaban J connectivity index is 2.33. The van der Waals surface area contributed by atoms with Crippen molar-refractivity contribution < 1.29 is 0 Å². The second kappa shape index (κ2) is 3.81. The minimum absolute atomic E-state index is 0.785. The highest BCUT2D eigenvalue weighted by atomic mass is 35.5. The molecule has 0 radical (unpaired) electrons. The van der Waals surface area contributed by atoms with Crippen molar-refractivity contribution in [2.24, 2.45) is 0 Å². The summed E-state index contributed by atoms with van der Waals surface area (Å²) in [5.74, 6) is 0. The van der Waals surface area contributed by atoms with E-state index in [4.69, 9.17) is 11.6 Å². The molecule has 0 bridgehead atoms. The molecule has 1 heterocycles. The molecule has 2 rings (SSSR count). The van der Waals surface area contributed by atoms with E-state index < -0.39 is 0 Å². The van der Waals surface area contributed by atoms with E-state index in [-0.39, 0.29) is 0 Å². The van der Waals surface area contributed by atoms with Crippen LogP contribution in [0.15, 0.2) is 23.1 Å². The number of hydrogen-bond acceptors (Lipinski definition) is 2. The molecule has 1 aromatic rings. The molecule has 1 aliphatic rings. The van der Waals surface area contributed by atoms with Gasteiger partial charge in [-0.2, -0.15) is 0 Å². The van der Waals surface area contributed by atoms with Crippen LogP contribution in [0.3, 0.4) is 0 Å². The van der Waals surface area contributed by atoms with E-state index in [2.05, 4.69) is 23.6 Å². The zero-order valence-corrected chi connectivity index (χ0v) is 8.98. The van der Waals surface area contributed by atoms with Gasteiger partial charge in [0.25, 0.3) is 0 Å². The lowest BCUT2D eigenvalue weighted by molar-refractivity contribution is 0.949. The summed E-state index contributed by atoms with van der Waals surface area (Å²) in [5, 5.41) is 0.785. The fourth-order valence-electron chi connectivity index (χ4n) is 1.71. The van der Waals surface area contributed by atoms with E-state index in [0.717, 1.165) is 28.7 Å². The molecule has 13 heavy (non-hydrogen) atoms. The van der Waals surface area contributed by atoms with Gasteiger partial charge in [-0.1, -0.05) is 17.7 Å². The maximum Gasteiger partial charge on any atom is 0.0772 e. The van der Waals surface area contributed by atoms with Crippen LogP contribution in [0.25, 0.3) is 0 Å². The highest BCUT2D eigenvalue weighted by Gasteiger charge is 2.15. The second-order valence-corrected chi connectivity index (χ2v) is 4.16. The van der Waals surface area contributed by atoms with Gasteiger partial charge >= 0.3 is 0 Å². The highest BCUT2D eigenvalue weighted by molar-refractivity contribution is 7.80. The van der Waals surface area contributed by atoms with Crippen LogP contribution in [0.4, 0.5) is 5.69 Å². The summed E-state index contributed by atoms with van der Waals surface area (Å²) in [4.78, 5) is 3.19. The van der Waals surface area contributed by atoms with Crippen molar-refractivity contribution in [2.45, 2.75) is 17.7 Å². The van der Waals surface area contributed by atoms with Crippen molar-refractivity contribution >= 4 is 29.9 Å². The molecule has 1 saturated heterocycles. The van der Waals surface area contributed by atoms with E-state index in [0.29, 0.717) is 0 Å². The van der Waals surface area contributed by atoms with Crippen LogP contribution in [0, 0.1) is 0 Å². The lowest BCUT2D eigenvalue weighted by Gasteiger charge is -2.19. The molecule has 1 aromatic carbocycles. The van der Waals surface area contributed by atoms with Gasteiger partial charge in [0.15, 0.2) is 0 Å². The molecule has 1 fully saturated rings. The Kier molecular flexibility index (Phi) is 2.70. The number of thiol groups is 1. The monoisotopic (exact) mass is 213 g/mol. The molecule has 0 saturated carbocycles. The molecule has 70 valence electrons. The largest absolute Gasteiger partial charge is 0.370 e. The van der Waals surface area contributed by atoms with Crippen molar-refractivity contribution in [3.63, 3.8) is 0 Å². The number of rotatable bonds is 1. The Bertz CT molecular complexity index is 308. The van der Waals surface area contributed by atoms with Gasteiger partial charge in [-0.25, -0.2) is 0 Å². The minimum Gasteiger partial charge on any atom is -0.370 e. The lowest BCUT2D eigenvalue weighted by Crippen LogP contribution is -2.17. The van der Waals surface area contributed by atoms with Gasteiger partial charge in [0.05, 0.1) is 10.7 Å². The Morgan fingerprint density at radius 3 is 2.62 bits per heavy atom. The molecule has 0 aromatic heterocycles. The first-order chi connectivity index (χ1) is 6.29. The third kappa shape index (κ3) is 1.79. The van der Waals surface area contributed by atoms with Crippen molar-refractivity contribution in [3.8, 4) is 0 Å². The summed E-state index contributed by atoms with van der Waals surface area (Å²) in [6, 6.07) is 5.99. The summed E-state index contributed by atoms with van der Waals surface area (Å²) < 4.78 is 0. The Morgan fingerprint density at radius 1 is 1.23 bits per heavy atom. The van der Waals surface area contributed by atoms with Gasteiger partial charge in [0, 0.05) is 18.0 Å². The minimum atomic E-state index is 0.785. The Morgan fingerprint density at radius 2 is 1.92 bits per heavy atom. The van der Waals surface area contributed by atoms with Gasteiger partial charge in [-0.3, -0.25) is 0 Å². The molecule has 1 aliphatic heterocycles. The predicted octanol–water partition coefficient (Wildman–Crippen LogP) is 3.23. The molecule has 0 N–H and O–H groups in total. The van der Waals surface area contributed by atoms with Crippen LogP contribution < -0.4 is 4.90 Å². The van der Waals surface area contributed by atoms with Crippen molar-refractivity contribution in [1.82, 2.24) is 0 Å². The van der Waals surface area contributed by atoms with Crippen molar-refractivity contribution in [3.05, 3.63) is 23.2 Å². The van der Waals surface area contributed by atoms with E-state index in [9.17, 15) is 0 Å². The second-order valence-electron chi connectivity index (χ2n) is 3.30. The smallest absolute Gasteiger partial charge is 0.0772 e. The molecular weight excluding hydrogens is 202 g/mol. The molecule has 0 aliphatic carbocycles. The maximum absolute atomic E-state index is 6.16. The van der Waals surface area contributed by atoms with Crippen molar-refractivity contribution in [1.29, 1.82) is 0 Å². The zero-order chi connectivity index (χ0) is 9.26. The highest BCUT2D eigenvalue weighted by Crippen LogP contribution is 2.32. The van der Waals surface area contributed by atoms with Crippen molar-refractivity contribution in [2.75, 3.05) is 18.0 Å². The normalized spacial score (nSPS) is 16.6. The molecule has 3 heteroatoms. The van der Waals surface area contributed by atoms with Gasteiger partial charge in [0.1, 0.15) is 0 Å². The first-order valence-electron chi connectivity index (χ1n) is 4.51. The quantitative estimate of drug-likeness (QED) is 0.702. The molecule has 0 amide bonds. The van der Waals surface area contributed by atoms with Crippen LogP contribution in [0.2, 0.25) is 5.02 Å². The average Bonchev–Trinajstić information content (AvgIpc) is 2.62. The number of benzene rings is 1. The number of halogens is 1. The van der Waals surface area contributed by atoms with Crippen LogP contribution >= 0.6 is 24.2 Å². The molecule has 0 spiro atoms. The van der Waals surface area contributed by atoms with Crippen LogP contribution in [0.5, 0.6) is 0 Å². The number of anilines is 1. The average molecular weight is 214 g/mol. The summed E-state index contributed by atoms with van der Waals surface area (Å²) in [7, 11) is 0. The first-order valence-corrected chi connectivity index (χ1v) is 5.34. The fourth-order valence-corrected chi connectivity index (χ4v) is 2.16. The van der Waals surface area contributed by atoms with Gasteiger partial charge in [-0.15, -0.1) is 12.6 Å². The first kappa shape index (κ1) is 9.22. The van der Waals surface area contributed by atoms with Gasteiger partial charge < -0.3 is 4.90 Å². The summed E-state index contributed by atoms with van der Waals surface area (Å²) >= 11 is 10.5. The van der Waals surface area contributed by atoms with Gasteiger partial charge in [-0.05, 0) is 25.0 Å². The van der Waals surface area contributed by atoms with E-state index in [1.54, 1.807) is 0 Å². The zero-order valence-electron chi connectivity index (χ0n) is 7.33. The molecule has 1 nitrogen and oxygen atoms in total. The summed E-state index contributed by atoms with van der Waals surface area (Å²) in [6.07, 6.45) is 2.54. The van der Waals surface area contributed by atoms with E-state index in [1.165, 1.54) is 12.8 Å².